The first-order chi connectivity index (χ1) is 8.83. The van der Waals surface area contributed by atoms with Gasteiger partial charge in [-0.1, -0.05) is 13.0 Å². The molecule has 0 aliphatic heterocycles. The second-order valence-electron chi connectivity index (χ2n) is 4.69. The molecule has 3 N–H and O–H groups in total. The maximum Gasteiger partial charge on any atom is 0.338 e. The zero-order chi connectivity index (χ0) is 14.6. The third kappa shape index (κ3) is 3.32. The molecule has 104 valence electrons. The molecule has 0 radical (unpaired) electrons. The van der Waals surface area contributed by atoms with Crippen LogP contribution in [0.2, 0.25) is 0 Å². The molecule has 0 aliphatic carbocycles. The van der Waals surface area contributed by atoms with Gasteiger partial charge in [0, 0.05) is 5.69 Å². The van der Waals surface area contributed by atoms with Crippen LogP contribution >= 0.6 is 0 Å². The normalized spacial score (nSPS) is 13.5. The summed E-state index contributed by atoms with van der Waals surface area (Å²) in [6.45, 7) is 5.26. The van der Waals surface area contributed by atoms with E-state index < -0.39 is 11.5 Å². The van der Waals surface area contributed by atoms with Crippen molar-refractivity contribution in [3.8, 4) is 0 Å². The lowest BCUT2D eigenvalue weighted by Crippen LogP contribution is -2.47. The van der Waals surface area contributed by atoms with E-state index in [1.807, 2.05) is 6.92 Å². The fraction of sp³-hybridized carbons (Fsp3) is 0.429. The molecule has 19 heavy (non-hydrogen) atoms. The van der Waals surface area contributed by atoms with Crippen molar-refractivity contribution in [1.82, 2.24) is 0 Å². The first-order valence-electron chi connectivity index (χ1n) is 6.11. The van der Waals surface area contributed by atoms with Crippen molar-refractivity contribution in [2.24, 2.45) is 5.73 Å². The molecule has 0 heterocycles. The molecule has 1 amide bonds. The zero-order valence-corrected chi connectivity index (χ0v) is 11.7. The number of hydrogen-bond donors (Lipinski definition) is 2. The van der Waals surface area contributed by atoms with E-state index >= 15 is 0 Å². The number of ether oxygens (including phenoxy) is 1. The number of benzene rings is 1. The van der Waals surface area contributed by atoms with Gasteiger partial charge in [0.15, 0.2) is 0 Å². The molecular formula is C14H20N2O3. The average molecular weight is 264 g/mol. The number of esters is 1. The SMILES string of the molecule is CCC(C)(N)C(=O)Nc1cccc(C(=O)OC)c1C. The standard InChI is InChI=1S/C14H20N2O3/c1-5-14(3,15)13(18)16-11-8-6-7-10(9(11)2)12(17)19-4/h6-8H,5,15H2,1-4H3,(H,16,18). The van der Waals surface area contributed by atoms with E-state index in [1.54, 1.807) is 32.0 Å². The summed E-state index contributed by atoms with van der Waals surface area (Å²) >= 11 is 0. The number of carbonyl (C=O) groups excluding carboxylic acids is 2. The molecule has 1 aromatic rings. The predicted molar refractivity (Wildman–Crippen MR) is 74.0 cm³/mol. The second kappa shape index (κ2) is 5.84. The van der Waals surface area contributed by atoms with Crippen molar-refractivity contribution in [2.45, 2.75) is 32.7 Å². The van der Waals surface area contributed by atoms with Crippen molar-refractivity contribution in [1.29, 1.82) is 0 Å². The minimum absolute atomic E-state index is 0.278. The minimum atomic E-state index is -0.937. The fourth-order valence-electron chi connectivity index (χ4n) is 1.53. The van der Waals surface area contributed by atoms with Crippen LogP contribution in [0.5, 0.6) is 0 Å². The number of hydrogen-bond acceptors (Lipinski definition) is 4. The number of anilines is 1. The van der Waals surface area contributed by atoms with E-state index in [0.717, 1.165) is 0 Å². The van der Waals surface area contributed by atoms with E-state index in [-0.39, 0.29) is 5.91 Å². The summed E-state index contributed by atoms with van der Waals surface area (Å²) in [4.78, 5) is 23.6. The van der Waals surface area contributed by atoms with Gasteiger partial charge in [-0.3, -0.25) is 4.79 Å². The topological polar surface area (TPSA) is 81.4 Å². The van der Waals surface area contributed by atoms with E-state index in [9.17, 15) is 9.59 Å². The molecule has 0 spiro atoms. The van der Waals surface area contributed by atoms with E-state index in [1.165, 1.54) is 7.11 Å². The Morgan fingerprint density at radius 3 is 2.58 bits per heavy atom. The van der Waals surface area contributed by atoms with Crippen molar-refractivity contribution < 1.29 is 14.3 Å². The molecule has 0 saturated carbocycles. The summed E-state index contributed by atoms with van der Waals surface area (Å²) < 4.78 is 4.69. The number of carbonyl (C=O) groups is 2. The van der Waals surface area contributed by atoms with E-state index in [0.29, 0.717) is 23.2 Å². The summed E-state index contributed by atoms with van der Waals surface area (Å²) in [7, 11) is 1.32. The lowest BCUT2D eigenvalue weighted by molar-refractivity contribution is -0.120. The summed E-state index contributed by atoms with van der Waals surface area (Å²) in [5, 5.41) is 2.75. The Balaban J connectivity index is 3.04. The highest BCUT2D eigenvalue weighted by molar-refractivity contribution is 6.00. The molecule has 1 unspecified atom stereocenters. The van der Waals surface area contributed by atoms with Crippen LogP contribution in [0.1, 0.15) is 36.2 Å². The van der Waals surface area contributed by atoms with Crippen LogP contribution in [0, 0.1) is 6.92 Å². The van der Waals surface area contributed by atoms with Crippen molar-refractivity contribution in [2.75, 3.05) is 12.4 Å². The molecule has 1 rings (SSSR count). The van der Waals surface area contributed by atoms with Gasteiger partial charge in [-0.05, 0) is 38.0 Å². The Labute approximate surface area is 113 Å². The van der Waals surface area contributed by atoms with Gasteiger partial charge in [0.25, 0.3) is 0 Å². The van der Waals surface area contributed by atoms with Crippen LogP contribution < -0.4 is 11.1 Å². The maximum absolute atomic E-state index is 12.0. The highest BCUT2D eigenvalue weighted by atomic mass is 16.5. The summed E-state index contributed by atoms with van der Waals surface area (Å²) in [6, 6.07) is 5.07. The first kappa shape index (κ1) is 15.2. The van der Waals surface area contributed by atoms with E-state index in [4.69, 9.17) is 5.73 Å². The highest BCUT2D eigenvalue weighted by Crippen LogP contribution is 2.21. The molecular weight excluding hydrogens is 244 g/mol. The molecule has 0 bridgehead atoms. The minimum Gasteiger partial charge on any atom is -0.465 e. The fourth-order valence-corrected chi connectivity index (χ4v) is 1.53. The van der Waals surface area contributed by atoms with Gasteiger partial charge in [0.05, 0.1) is 18.2 Å². The number of nitrogens with two attached hydrogens (primary N) is 1. The van der Waals surface area contributed by atoms with Gasteiger partial charge in [-0.25, -0.2) is 4.79 Å². The smallest absolute Gasteiger partial charge is 0.338 e. The van der Waals surface area contributed by atoms with Crippen LogP contribution in [0.15, 0.2) is 18.2 Å². The Morgan fingerprint density at radius 2 is 2.05 bits per heavy atom. The predicted octanol–water partition coefficient (Wildman–Crippen LogP) is 1.85. The molecule has 1 atom stereocenters. The van der Waals surface area contributed by atoms with Crippen LogP contribution in [0.4, 0.5) is 5.69 Å². The van der Waals surface area contributed by atoms with Gasteiger partial charge >= 0.3 is 5.97 Å². The van der Waals surface area contributed by atoms with E-state index in [2.05, 4.69) is 10.1 Å². The summed E-state index contributed by atoms with van der Waals surface area (Å²) in [5.41, 5.74) is 6.60. The van der Waals surface area contributed by atoms with Crippen molar-refractivity contribution >= 4 is 17.6 Å². The van der Waals surface area contributed by atoms with Gasteiger partial charge in [0.1, 0.15) is 0 Å². The van der Waals surface area contributed by atoms with Crippen LogP contribution in [0.3, 0.4) is 0 Å². The quantitative estimate of drug-likeness (QED) is 0.813. The van der Waals surface area contributed by atoms with Crippen LogP contribution in [0.25, 0.3) is 0 Å². The number of nitrogens with one attached hydrogen (secondary N) is 1. The number of rotatable bonds is 4. The Bertz CT molecular complexity index is 495. The summed E-state index contributed by atoms with van der Waals surface area (Å²) in [6.07, 6.45) is 0.522. The lowest BCUT2D eigenvalue weighted by atomic mass is 9.98. The molecule has 0 aromatic heterocycles. The molecule has 0 aliphatic rings. The van der Waals surface area contributed by atoms with Crippen LogP contribution in [-0.2, 0) is 9.53 Å². The number of methoxy groups -OCH3 is 1. The number of amides is 1. The molecule has 5 nitrogen and oxygen atoms in total. The maximum atomic E-state index is 12.0. The van der Waals surface area contributed by atoms with Gasteiger partial charge in [0.2, 0.25) is 5.91 Å². The highest BCUT2D eigenvalue weighted by Gasteiger charge is 2.26. The molecule has 0 fully saturated rings. The van der Waals surface area contributed by atoms with Crippen molar-refractivity contribution in [3.63, 3.8) is 0 Å². The monoisotopic (exact) mass is 264 g/mol. The molecule has 5 heteroatoms. The Hall–Kier alpha value is -1.88. The first-order valence-corrected chi connectivity index (χ1v) is 6.11. The third-order valence-electron chi connectivity index (χ3n) is 3.24. The largest absolute Gasteiger partial charge is 0.465 e. The summed E-state index contributed by atoms with van der Waals surface area (Å²) in [5.74, 6) is -0.709. The van der Waals surface area contributed by atoms with Gasteiger partial charge in [-0.15, -0.1) is 0 Å². The van der Waals surface area contributed by atoms with Crippen LogP contribution in [-0.4, -0.2) is 24.5 Å². The second-order valence-corrected chi connectivity index (χ2v) is 4.69. The van der Waals surface area contributed by atoms with Gasteiger partial charge in [-0.2, -0.15) is 0 Å². The average Bonchev–Trinajstić information content (AvgIpc) is 2.40. The lowest BCUT2D eigenvalue weighted by Gasteiger charge is -2.22. The van der Waals surface area contributed by atoms with Gasteiger partial charge < -0.3 is 15.8 Å². The van der Waals surface area contributed by atoms with Crippen molar-refractivity contribution in [3.05, 3.63) is 29.3 Å². The molecule has 0 saturated heterocycles. The zero-order valence-electron chi connectivity index (χ0n) is 11.7. The molecule has 1 aromatic carbocycles. The third-order valence-corrected chi connectivity index (χ3v) is 3.24. The Kier molecular flexibility index (Phi) is 4.67. The Morgan fingerprint density at radius 1 is 1.42 bits per heavy atom.